The molecule has 2 amide bonds. The molecule has 1 heterocycles. The van der Waals surface area contributed by atoms with E-state index in [4.69, 9.17) is 10.2 Å². The van der Waals surface area contributed by atoms with Crippen LogP contribution in [0.4, 0.5) is 11.4 Å². The molecule has 0 radical (unpaired) electrons. The van der Waals surface area contributed by atoms with Gasteiger partial charge in [-0.25, -0.2) is 9.88 Å². The molecule has 0 bridgehead atoms. The Balaban J connectivity index is 2.41. The summed E-state index contributed by atoms with van der Waals surface area (Å²) in [6.07, 6.45) is 1.42. The van der Waals surface area contributed by atoms with Crippen LogP contribution in [0.5, 0.6) is 0 Å². The van der Waals surface area contributed by atoms with Gasteiger partial charge in [-0.15, -0.1) is 0 Å². The molecule has 1 aromatic carbocycles. The number of carbonyl (C=O) groups is 2. The minimum Gasteiger partial charge on any atom is -0.438 e. The van der Waals surface area contributed by atoms with Gasteiger partial charge in [0.25, 0.3) is 5.89 Å². The molecule has 0 atom stereocenters. The number of carbonyl (C=O) groups excluding carboxylic acids is 2. The van der Waals surface area contributed by atoms with Crippen molar-refractivity contribution in [3.63, 3.8) is 0 Å². The number of aromatic nitrogens is 1. The zero-order chi connectivity index (χ0) is 14.0. The molecule has 0 aliphatic carbocycles. The number of imide groups is 1. The van der Waals surface area contributed by atoms with Crippen molar-refractivity contribution in [2.45, 2.75) is 13.8 Å². The maximum atomic E-state index is 12.2. The number of nitrogens with two attached hydrogens (primary N) is 1. The van der Waals surface area contributed by atoms with Crippen molar-refractivity contribution in [2.24, 2.45) is 0 Å². The standard InChI is InChI=1S/C13H13N3O3/c1-8-7-15-12(19-8)13(18)16(9(2)17)11-5-3-4-10(14)6-11/h3-7H,14H2,1-2H3. The van der Waals surface area contributed by atoms with Crippen LogP contribution in [0.2, 0.25) is 0 Å². The first-order chi connectivity index (χ1) is 8.99. The molecule has 2 N–H and O–H groups in total. The molecule has 6 nitrogen and oxygen atoms in total. The Labute approximate surface area is 109 Å². The zero-order valence-corrected chi connectivity index (χ0v) is 10.6. The summed E-state index contributed by atoms with van der Waals surface area (Å²) in [7, 11) is 0. The third kappa shape index (κ3) is 2.62. The summed E-state index contributed by atoms with van der Waals surface area (Å²) < 4.78 is 5.14. The summed E-state index contributed by atoms with van der Waals surface area (Å²) in [5.41, 5.74) is 6.49. The van der Waals surface area contributed by atoms with Crippen molar-refractivity contribution in [3.8, 4) is 0 Å². The summed E-state index contributed by atoms with van der Waals surface area (Å²) in [4.78, 5) is 28.7. The van der Waals surface area contributed by atoms with Gasteiger partial charge in [0.2, 0.25) is 5.91 Å². The normalized spacial score (nSPS) is 10.2. The molecule has 0 saturated heterocycles. The van der Waals surface area contributed by atoms with Crippen molar-refractivity contribution in [2.75, 3.05) is 10.6 Å². The lowest BCUT2D eigenvalue weighted by atomic mass is 10.2. The molecule has 0 aliphatic rings. The number of hydrogen-bond donors (Lipinski definition) is 1. The van der Waals surface area contributed by atoms with Gasteiger partial charge in [-0.3, -0.25) is 9.59 Å². The minimum absolute atomic E-state index is 0.130. The van der Waals surface area contributed by atoms with E-state index < -0.39 is 11.8 Å². The van der Waals surface area contributed by atoms with Crippen LogP contribution in [0, 0.1) is 6.92 Å². The molecule has 98 valence electrons. The highest BCUT2D eigenvalue weighted by Crippen LogP contribution is 2.20. The number of rotatable bonds is 2. The van der Waals surface area contributed by atoms with Crippen molar-refractivity contribution < 1.29 is 14.0 Å². The number of nitrogens with zero attached hydrogens (tertiary/aromatic N) is 2. The predicted octanol–water partition coefficient (Wildman–Crippen LogP) is 1.76. The fourth-order valence-electron chi connectivity index (χ4n) is 1.66. The molecular formula is C13H13N3O3. The van der Waals surface area contributed by atoms with E-state index in [-0.39, 0.29) is 5.89 Å². The second-order valence-electron chi connectivity index (χ2n) is 4.03. The number of hydrogen-bond acceptors (Lipinski definition) is 5. The average molecular weight is 259 g/mol. The smallest absolute Gasteiger partial charge is 0.320 e. The highest BCUT2D eigenvalue weighted by molar-refractivity contribution is 6.19. The summed E-state index contributed by atoms with van der Waals surface area (Å²) in [5.74, 6) is -0.688. The number of benzene rings is 1. The Morgan fingerprint density at radius 2 is 2.11 bits per heavy atom. The largest absolute Gasteiger partial charge is 0.438 e. The highest BCUT2D eigenvalue weighted by Gasteiger charge is 2.25. The Kier molecular flexibility index (Phi) is 3.33. The van der Waals surface area contributed by atoms with Crippen molar-refractivity contribution in [1.82, 2.24) is 4.98 Å². The van der Waals surface area contributed by atoms with Crippen LogP contribution in [-0.2, 0) is 4.79 Å². The quantitative estimate of drug-likeness (QED) is 0.830. The first-order valence-electron chi connectivity index (χ1n) is 5.62. The average Bonchev–Trinajstić information content (AvgIpc) is 2.75. The van der Waals surface area contributed by atoms with E-state index >= 15 is 0 Å². The van der Waals surface area contributed by atoms with Gasteiger partial charge in [0.1, 0.15) is 5.76 Å². The van der Waals surface area contributed by atoms with Gasteiger partial charge in [0, 0.05) is 12.6 Å². The molecule has 2 aromatic rings. The Bertz CT molecular complexity index is 634. The summed E-state index contributed by atoms with van der Waals surface area (Å²) in [5, 5.41) is 0. The fraction of sp³-hybridized carbons (Fsp3) is 0.154. The minimum atomic E-state index is -0.619. The fourth-order valence-corrected chi connectivity index (χ4v) is 1.66. The molecule has 0 saturated carbocycles. The topological polar surface area (TPSA) is 89.4 Å². The Morgan fingerprint density at radius 3 is 2.63 bits per heavy atom. The van der Waals surface area contributed by atoms with Crippen LogP contribution < -0.4 is 10.6 Å². The second kappa shape index (κ2) is 4.93. The second-order valence-corrected chi connectivity index (χ2v) is 4.03. The van der Waals surface area contributed by atoms with Crippen molar-refractivity contribution >= 4 is 23.2 Å². The third-order valence-electron chi connectivity index (χ3n) is 2.45. The monoisotopic (exact) mass is 259 g/mol. The molecule has 19 heavy (non-hydrogen) atoms. The number of aryl methyl sites for hydroxylation is 1. The van der Waals surface area contributed by atoms with E-state index in [0.717, 1.165) is 4.90 Å². The highest BCUT2D eigenvalue weighted by atomic mass is 16.4. The Morgan fingerprint density at radius 1 is 1.37 bits per heavy atom. The van der Waals surface area contributed by atoms with E-state index in [0.29, 0.717) is 17.1 Å². The SMILES string of the molecule is CC(=O)N(C(=O)c1ncc(C)o1)c1cccc(N)c1. The maximum absolute atomic E-state index is 12.2. The summed E-state index contributed by atoms with van der Waals surface area (Å²) >= 11 is 0. The molecule has 2 rings (SSSR count). The van der Waals surface area contributed by atoms with Gasteiger partial charge in [-0.2, -0.15) is 0 Å². The van der Waals surface area contributed by atoms with Gasteiger partial charge < -0.3 is 10.2 Å². The van der Waals surface area contributed by atoms with Crippen LogP contribution in [-0.4, -0.2) is 16.8 Å². The van der Waals surface area contributed by atoms with Crippen LogP contribution in [0.15, 0.2) is 34.9 Å². The van der Waals surface area contributed by atoms with Crippen LogP contribution in [0.3, 0.4) is 0 Å². The third-order valence-corrected chi connectivity index (χ3v) is 2.45. The van der Waals surface area contributed by atoms with E-state index in [9.17, 15) is 9.59 Å². The van der Waals surface area contributed by atoms with Gasteiger partial charge in [-0.1, -0.05) is 6.07 Å². The molecule has 0 spiro atoms. The van der Waals surface area contributed by atoms with E-state index in [1.165, 1.54) is 19.2 Å². The van der Waals surface area contributed by atoms with Gasteiger partial charge in [0.15, 0.2) is 0 Å². The van der Waals surface area contributed by atoms with Crippen LogP contribution >= 0.6 is 0 Å². The molecule has 0 aliphatic heterocycles. The molecule has 6 heteroatoms. The van der Waals surface area contributed by atoms with Crippen LogP contribution in [0.1, 0.15) is 23.4 Å². The molecular weight excluding hydrogens is 246 g/mol. The number of amides is 2. The molecule has 0 fully saturated rings. The van der Waals surface area contributed by atoms with Gasteiger partial charge >= 0.3 is 5.91 Å². The summed E-state index contributed by atoms with van der Waals surface area (Å²) in [6, 6.07) is 6.48. The van der Waals surface area contributed by atoms with Crippen molar-refractivity contribution in [3.05, 3.63) is 42.1 Å². The first-order valence-corrected chi connectivity index (χ1v) is 5.62. The lowest BCUT2D eigenvalue weighted by Crippen LogP contribution is -2.35. The maximum Gasteiger partial charge on any atom is 0.320 e. The first kappa shape index (κ1) is 12.8. The van der Waals surface area contributed by atoms with Crippen molar-refractivity contribution in [1.29, 1.82) is 0 Å². The zero-order valence-electron chi connectivity index (χ0n) is 10.6. The van der Waals surface area contributed by atoms with E-state index in [1.54, 1.807) is 25.1 Å². The predicted molar refractivity (Wildman–Crippen MR) is 69.6 cm³/mol. The number of oxazole rings is 1. The summed E-state index contributed by atoms with van der Waals surface area (Å²) in [6.45, 7) is 2.96. The lowest BCUT2D eigenvalue weighted by molar-refractivity contribution is -0.116. The lowest BCUT2D eigenvalue weighted by Gasteiger charge is -2.17. The Hall–Kier alpha value is -2.63. The number of anilines is 2. The molecule has 0 unspecified atom stereocenters. The van der Waals surface area contributed by atoms with Gasteiger partial charge in [0.05, 0.1) is 11.9 Å². The van der Waals surface area contributed by atoms with Gasteiger partial charge in [-0.05, 0) is 25.1 Å². The van der Waals surface area contributed by atoms with E-state index in [2.05, 4.69) is 4.98 Å². The number of nitrogen functional groups attached to an aromatic ring is 1. The molecule has 1 aromatic heterocycles. The van der Waals surface area contributed by atoms with Crippen LogP contribution in [0.25, 0.3) is 0 Å². The van der Waals surface area contributed by atoms with E-state index in [1.807, 2.05) is 0 Å².